The fraction of sp³-hybridized carbons (Fsp3) is 0.600. The zero-order valence-electron chi connectivity index (χ0n) is 16.4. The second-order valence-electron chi connectivity index (χ2n) is 7.46. The molecule has 0 aliphatic carbocycles. The van der Waals surface area contributed by atoms with E-state index in [1.807, 2.05) is 24.3 Å². The molecule has 1 aliphatic rings. The number of rotatable bonds is 8. The summed E-state index contributed by atoms with van der Waals surface area (Å²) in [4.78, 5) is 4.82. The van der Waals surface area contributed by atoms with E-state index >= 15 is 0 Å². The van der Waals surface area contributed by atoms with Crippen LogP contribution < -0.4 is 4.74 Å². The van der Waals surface area contributed by atoms with Crippen LogP contribution in [0.2, 0.25) is 5.02 Å². The molecule has 0 radical (unpaired) electrons. The number of hydrogen-bond donors (Lipinski definition) is 0. The molecule has 7 heteroatoms. The molecule has 0 saturated carbocycles. The molecule has 2 heterocycles. The van der Waals surface area contributed by atoms with Crippen LogP contribution in [-0.4, -0.2) is 59.3 Å². The Morgan fingerprint density at radius 2 is 1.85 bits per heavy atom. The molecule has 1 aliphatic heterocycles. The van der Waals surface area contributed by atoms with Crippen molar-refractivity contribution < 1.29 is 9.15 Å². The lowest BCUT2D eigenvalue weighted by atomic mass is 10.1. The quantitative estimate of drug-likeness (QED) is 0.683. The Morgan fingerprint density at radius 3 is 2.56 bits per heavy atom. The molecule has 3 rings (SSSR count). The Bertz CT molecular complexity index is 714. The molecule has 1 fully saturated rings. The maximum Gasteiger partial charge on any atom is 0.233 e. The zero-order chi connectivity index (χ0) is 19.2. The van der Waals surface area contributed by atoms with Gasteiger partial charge in [0.2, 0.25) is 11.8 Å². The first-order valence-corrected chi connectivity index (χ1v) is 10.1. The smallest absolute Gasteiger partial charge is 0.233 e. The first kappa shape index (κ1) is 20.1. The van der Waals surface area contributed by atoms with Crippen molar-refractivity contribution in [3.63, 3.8) is 0 Å². The van der Waals surface area contributed by atoms with Crippen LogP contribution >= 0.6 is 11.6 Å². The summed E-state index contributed by atoms with van der Waals surface area (Å²) in [6.07, 6.45) is 0.832. The average molecular weight is 393 g/mol. The first-order chi connectivity index (χ1) is 13.0. The van der Waals surface area contributed by atoms with Crippen molar-refractivity contribution in [3.05, 3.63) is 41.1 Å². The number of benzene rings is 1. The van der Waals surface area contributed by atoms with Crippen molar-refractivity contribution in [1.29, 1.82) is 0 Å². The number of hydrogen-bond acceptors (Lipinski definition) is 6. The highest BCUT2D eigenvalue weighted by atomic mass is 35.5. The zero-order valence-corrected chi connectivity index (χ0v) is 17.2. The van der Waals surface area contributed by atoms with Gasteiger partial charge in [0.05, 0.1) is 11.1 Å². The molecule has 0 N–H and O–H groups in total. The van der Waals surface area contributed by atoms with E-state index in [4.69, 9.17) is 20.8 Å². The minimum absolute atomic E-state index is 0.153. The van der Waals surface area contributed by atoms with Gasteiger partial charge in [0.15, 0.2) is 0 Å². The molecule has 0 amide bonds. The van der Waals surface area contributed by atoms with Crippen LogP contribution in [0.3, 0.4) is 0 Å². The van der Waals surface area contributed by atoms with Crippen molar-refractivity contribution in [3.8, 4) is 5.75 Å². The van der Waals surface area contributed by atoms with Crippen LogP contribution in [0.5, 0.6) is 5.75 Å². The summed E-state index contributed by atoms with van der Waals surface area (Å²) in [5.41, 5.74) is 0. The highest BCUT2D eigenvalue weighted by Gasteiger charge is 2.25. The van der Waals surface area contributed by atoms with Crippen LogP contribution in [0.25, 0.3) is 0 Å². The normalized spacial score (nSPS) is 17.4. The monoisotopic (exact) mass is 392 g/mol. The van der Waals surface area contributed by atoms with Crippen molar-refractivity contribution in [2.75, 3.05) is 39.3 Å². The number of aromatic nitrogens is 2. The van der Waals surface area contributed by atoms with Gasteiger partial charge in [-0.3, -0.25) is 9.80 Å². The van der Waals surface area contributed by atoms with Gasteiger partial charge in [-0.25, -0.2) is 0 Å². The Labute approximate surface area is 166 Å². The van der Waals surface area contributed by atoms with Crippen molar-refractivity contribution >= 4 is 11.6 Å². The first-order valence-electron chi connectivity index (χ1n) is 9.69. The second-order valence-corrected chi connectivity index (χ2v) is 7.87. The molecular weight excluding hydrogens is 364 g/mol. The van der Waals surface area contributed by atoms with Crippen molar-refractivity contribution in [1.82, 2.24) is 20.0 Å². The highest BCUT2D eigenvalue weighted by molar-refractivity contribution is 6.32. The third-order valence-electron chi connectivity index (χ3n) is 4.88. The highest BCUT2D eigenvalue weighted by Crippen LogP contribution is 2.23. The van der Waals surface area contributed by atoms with E-state index in [1.54, 1.807) is 0 Å². The predicted octanol–water partition coefficient (Wildman–Crippen LogP) is 3.68. The summed E-state index contributed by atoms with van der Waals surface area (Å²) in [7, 11) is 0. The van der Waals surface area contributed by atoms with Crippen LogP contribution in [0.15, 0.2) is 28.7 Å². The van der Waals surface area contributed by atoms with Crippen LogP contribution in [-0.2, 0) is 6.42 Å². The summed E-state index contributed by atoms with van der Waals surface area (Å²) >= 11 is 6.12. The van der Waals surface area contributed by atoms with Gasteiger partial charge in [-0.2, -0.15) is 0 Å². The number of ether oxygens (including phenoxy) is 1. The number of halogens is 1. The van der Waals surface area contributed by atoms with Gasteiger partial charge >= 0.3 is 0 Å². The molecule has 0 bridgehead atoms. The molecule has 6 nitrogen and oxygen atoms in total. The fourth-order valence-electron chi connectivity index (χ4n) is 3.24. The van der Waals surface area contributed by atoms with E-state index < -0.39 is 0 Å². The van der Waals surface area contributed by atoms with Gasteiger partial charge < -0.3 is 9.15 Å². The van der Waals surface area contributed by atoms with E-state index in [0.29, 0.717) is 17.5 Å². The second kappa shape index (κ2) is 9.53. The summed E-state index contributed by atoms with van der Waals surface area (Å²) in [6.45, 7) is 12.0. The maximum atomic E-state index is 6.12. The van der Waals surface area contributed by atoms with Gasteiger partial charge in [0, 0.05) is 39.1 Å². The molecule has 1 aromatic heterocycles. The van der Waals surface area contributed by atoms with Crippen LogP contribution in [0.4, 0.5) is 0 Å². The lowest BCUT2D eigenvalue weighted by molar-refractivity contribution is 0.0820. The molecule has 27 heavy (non-hydrogen) atoms. The molecule has 2 aromatic rings. The molecule has 148 valence electrons. The minimum atomic E-state index is 0.153. The minimum Gasteiger partial charge on any atom is -0.491 e. The summed E-state index contributed by atoms with van der Waals surface area (Å²) in [5.74, 6) is 2.73. The van der Waals surface area contributed by atoms with Gasteiger partial charge in [-0.05, 0) is 25.0 Å². The lowest BCUT2D eigenvalue weighted by Gasteiger charge is -2.36. The van der Waals surface area contributed by atoms with Crippen LogP contribution in [0, 0.1) is 5.92 Å². The van der Waals surface area contributed by atoms with Gasteiger partial charge in [-0.1, -0.05) is 37.6 Å². The Hall–Kier alpha value is -1.63. The maximum absolute atomic E-state index is 6.12. The van der Waals surface area contributed by atoms with Gasteiger partial charge in [-0.15, -0.1) is 10.2 Å². The van der Waals surface area contributed by atoms with Crippen molar-refractivity contribution in [2.45, 2.75) is 33.2 Å². The van der Waals surface area contributed by atoms with Gasteiger partial charge in [0.1, 0.15) is 12.4 Å². The molecule has 1 atom stereocenters. The van der Waals surface area contributed by atoms with Crippen molar-refractivity contribution in [2.24, 2.45) is 5.92 Å². The van der Waals surface area contributed by atoms with Crippen LogP contribution in [0.1, 0.15) is 38.6 Å². The van der Waals surface area contributed by atoms with E-state index in [2.05, 4.69) is 40.8 Å². The average Bonchev–Trinajstić information content (AvgIpc) is 3.11. The predicted molar refractivity (Wildman–Crippen MR) is 106 cm³/mol. The van der Waals surface area contributed by atoms with E-state index in [1.165, 1.54) is 0 Å². The largest absolute Gasteiger partial charge is 0.491 e. The fourth-order valence-corrected chi connectivity index (χ4v) is 3.43. The van der Waals surface area contributed by atoms with E-state index in [0.717, 1.165) is 56.7 Å². The summed E-state index contributed by atoms with van der Waals surface area (Å²) in [5, 5.41) is 9.09. The molecular formula is C20H29ClN4O2. The third-order valence-corrected chi connectivity index (χ3v) is 5.19. The summed E-state index contributed by atoms with van der Waals surface area (Å²) in [6, 6.07) is 7.75. The molecule has 0 unspecified atom stereocenters. The molecule has 1 aromatic carbocycles. The standard InChI is InChI=1S/C20H29ClN4O2/c1-15(2)14-19-22-23-20(27-19)16(3)25-10-8-24(9-11-25)12-13-26-18-7-5-4-6-17(18)21/h4-7,15-16H,8-14H2,1-3H3/t16-/m1/s1. The Kier molecular flexibility index (Phi) is 7.10. The van der Waals surface area contributed by atoms with E-state index in [-0.39, 0.29) is 6.04 Å². The Balaban J connectivity index is 1.41. The molecule has 0 spiro atoms. The summed E-state index contributed by atoms with van der Waals surface area (Å²) < 4.78 is 11.6. The van der Waals surface area contributed by atoms with Gasteiger partial charge in [0.25, 0.3) is 0 Å². The topological polar surface area (TPSA) is 54.6 Å². The number of para-hydroxylation sites is 1. The third kappa shape index (κ3) is 5.67. The van der Waals surface area contributed by atoms with E-state index in [9.17, 15) is 0 Å². The number of nitrogens with zero attached hydrogens (tertiary/aromatic N) is 4. The lowest BCUT2D eigenvalue weighted by Crippen LogP contribution is -2.48. The number of piperazine rings is 1. The SMILES string of the molecule is CC(C)Cc1nnc([C@@H](C)N2CCN(CCOc3ccccc3Cl)CC2)o1. The Morgan fingerprint density at radius 1 is 1.11 bits per heavy atom. The molecule has 1 saturated heterocycles.